The van der Waals surface area contributed by atoms with Gasteiger partial charge in [-0.25, -0.2) is 9.18 Å². The van der Waals surface area contributed by atoms with Gasteiger partial charge in [-0.1, -0.05) is 0 Å². The van der Waals surface area contributed by atoms with E-state index in [0.717, 1.165) is 5.56 Å². The summed E-state index contributed by atoms with van der Waals surface area (Å²) in [5.74, 6) is -0.456. The number of halogens is 1. The predicted octanol–water partition coefficient (Wildman–Crippen LogP) is 2.98. The minimum atomic E-state index is -0.638. The topological polar surface area (TPSA) is 89.2 Å². The van der Waals surface area contributed by atoms with Gasteiger partial charge in [-0.05, 0) is 38.5 Å². The van der Waals surface area contributed by atoms with Crippen LogP contribution in [0.2, 0.25) is 0 Å². The minimum absolute atomic E-state index is 0.126. The summed E-state index contributed by atoms with van der Waals surface area (Å²) in [7, 11) is 1.38. The number of nitrogens with one attached hydrogen (secondary N) is 1. The Morgan fingerprint density at radius 2 is 2.12 bits per heavy atom. The number of benzene rings is 1. The molecule has 0 bridgehead atoms. The quantitative estimate of drug-likeness (QED) is 0.885. The van der Waals surface area contributed by atoms with Crippen molar-refractivity contribution >= 4 is 6.09 Å². The molecule has 138 valence electrons. The van der Waals surface area contributed by atoms with Crippen LogP contribution in [0.5, 0.6) is 5.75 Å². The lowest BCUT2D eigenvalue weighted by molar-refractivity contribution is 0.0523. The van der Waals surface area contributed by atoms with Crippen LogP contribution in [0, 0.1) is 17.1 Å². The fourth-order valence-corrected chi connectivity index (χ4v) is 2.26. The van der Waals surface area contributed by atoms with Crippen molar-refractivity contribution in [2.24, 2.45) is 0 Å². The monoisotopic (exact) mass is 360 g/mol. The number of alkyl carbamates (subject to hydrolysis) is 1. The molecule has 2 rings (SSSR count). The van der Waals surface area contributed by atoms with Crippen LogP contribution in [0.25, 0.3) is 0 Å². The van der Waals surface area contributed by atoms with Crippen molar-refractivity contribution in [3.63, 3.8) is 0 Å². The fraction of sp³-hybridized carbons (Fsp3) is 0.389. The van der Waals surface area contributed by atoms with Gasteiger partial charge in [0.1, 0.15) is 28.8 Å². The molecule has 0 saturated heterocycles. The van der Waals surface area contributed by atoms with E-state index in [1.54, 1.807) is 50.0 Å². The smallest absolute Gasteiger partial charge is 0.407 e. The fourth-order valence-electron chi connectivity index (χ4n) is 2.26. The van der Waals surface area contributed by atoms with Crippen LogP contribution in [0.1, 0.15) is 37.5 Å². The first-order valence-corrected chi connectivity index (χ1v) is 7.96. The lowest BCUT2D eigenvalue weighted by Gasteiger charge is -2.19. The van der Waals surface area contributed by atoms with E-state index in [2.05, 4.69) is 10.4 Å². The van der Waals surface area contributed by atoms with Crippen LogP contribution in [0.4, 0.5) is 9.18 Å². The van der Waals surface area contributed by atoms with Gasteiger partial charge < -0.3 is 14.8 Å². The zero-order valence-electron chi connectivity index (χ0n) is 15.2. The molecule has 0 atom stereocenters. The number of aromatic nitrogens is 2. The zero-order chi connectivity index (χ0) is 19.3. The molecule has 1 aromatic heterocycles. The van der Waals surface area contributed by atoms with Crippen LogP contribution in [-0.4, -0.2) is 28.6 Å². The van der Waals surface area contributed by atoms with E-state index in [1.807, 2.05) is 0 Å². The number of carbonyl (C=O) groups excluding carboxylic acids is 1. The second-order valence-electron chi connectivity index (χ2n) is 6.67. The number of ether oxygens (including phenoxy) is 2. The third-order valence-electron chi connectivity index (χ3n) is 3.31. The Morgan fingerprint density at radius 3 is 2.73 bits per heavy atom. The zero-order valence-corrected chi connectivity index (χ0v) is 15.2. The molecular formula is C18H21FN4O3. The van der Waals surface area contributed by atoms with Crippen molar-refractivity contribution in [2.45, 2.75) is 39.5 Å². The summed E-state index contributed by atoms with van der Waals surface area (Å²) in [6, 6.07) is 4.66. The molecule has 0 radical (unpaired) electrons. The van der Waals surface area contributed by atoms with Crippen molar-refractivity contribution in [1.29, 1.82) is 5.26 Å². The first-order chi connectivity index (χ1) is 12.2. The Kier molecular flexibility index (Phi) is 5.82. The van der Waals surface area contributed by atoms with Crippen molar-refractivity contribution in [3.05, 3.63) is 47.0 Å². The molecule has 0 fully saturated rings. The largest absolute Gasteiger partial charge is 0.495 e. The third kappa shape index (κ3) is 5.21. The summed E-state index contributed by atoms with van der Waals surface area (Å²) < 4.78 is 25.8. The number of carbonyl (C=O) groups is 1. The van der Waals surface area contributed by atoms with E-state index in [1.165, 1.54) is 13.2 Å². The summed E-state index contributed by atoms with van der Waals surface area (Å²) in [5, 5.41) is 15.8. The molecule has 1 amide bonds. The number of methoxy groups -OCH3 is 1. The first-order valence-electron chi connectivity index (χ1n) is 7.96. The lowest BCUT2D eigenvalue weighted by atomic mass is 10.1. The summed E-state index contributed by atoms with van der Waals surface area (Å²) in [6.45, 7) is 5.92. The minimum Gasteiger partial charge on any atom is -0.495 e. The molecule has 0 saturated carbocycles. The van der Waals surface area contributed by atoms with Crippen molar-refractivity contribution in [2.75, 3.05) is 7.11 Å². The highest BCUT2D eigenvalue weighted by atomic mass is 19.1. The number of nitrogens with zero attached hydrogens (tertiary/aromatic N) is 3. The van der Waals surface area contributed by atoms with Gasteiger partial charge in [0.15, 0.2) is 0 Å². The van der Waals surface area contributed by atoms with Crippen LogP contribution in [0.15, 0.2) is 24.5 Å². The summed E-state index contributed by atoms with van der Waals surface area (Å²) in [6.07, 6.45) is 2.83. The molecule has 0 aliphatic carbocycles. The van der Waals surface area contributed by atoms with Crippen LogP contribution < -0.4 is 10.1 Å². The van der Waals surface area contributed by atoms with Gasteiger partial charge in [-0.3, -0.25) is 4.68 Å². The average Bonchev–Trinajstić information content (AvgIpc) is 2.98. The highest BCUT2D eigenvalue weighted by Crippen LogP contribution is 2.23. The maximum atomic E-state index is 14.0. The van der Waals surface area contributed by atoms with Gasteiger partial charge >= 0.3 is 6.09 Å². The summed E-state index contributed by atoms with van der Waals surface area (Å²) in [5.41, 5.74) is 0.691. The average molecular weight is 360 g/mol. The third-order valence-corrected chi connectivity index (χ3v) is 3.31. The van der Waals surface area contributed by atoms with Crippen molar-refractivity contribution in [3.8, 4) is 11.8 Å². The Morgan fingerprint density at radius 1 is 1.38 bits per heavy atom. The molecule has 26 heavy (non-hydrogen) atoms. The van der Waals surface area contributed by atoms with Crippen molar-refractivity contribution < 1.29 is 18.7 Å². The Bertz CT molecular complexity index is 834. The van der Waals surface area contributed by atoms with E-state index in [-0.39, 0.29) is 17.9 Å². The molecule has 2 aromatic rings. The number of hydrogen-bond donors (Lipinski definition) is 1. The van der Waals surface area contributed by atoms with E-state index >= 15 is 0 Å². The van der Waals surface area contributed by atoms with Gasteiger partial charge in [0, 0.05) is 18.3 Å². The van der Waals surface area contributed by atoms with E-state index in [9.17, 15) is 9.18 Å². The standard InChI is InChI=1S/C18H21FN4O3/c1-18(2,3)26-17(24)21-8-13-9-22-23(11-13)10-12-5-15(19)14(7-20)16(6-12)25-4/h5-6,9,11H,8,10H2,1-4H3,(H,21,24). The summed E-state index contributed by atoms with van der Waals surface area (Å²) in [4.78, 5) is 11.7. The molecule has 0 aliphatic heterocycles. The molecule has 0 aliphatic rings. The SMILES string of the molecule is COc1cc(Cn2cc(CNC(=O)OC(C)(C)C)cn2)cc(F)c1C#N. The lowest BCUT2D eigenvalue weighted by Crippen LogP contribution is -2.32. The predicted molar refractivity (Wildman–Crippen MR) is 92.1 cm³/mol. The number of hydrogen-bond acceptors (Lipinski definition) is 5. The van der Waals surface area contributed by atoms with Crippen LogP contribution in [-0.2, 0) is 17.8 Å². The Hall–Kier alpha value is -3.08. The number of amides is 1. The van der Waals surface area contributed by atoms with E-state index in [4.69, 9.17) is 14.7 Å². The number of rotatable bonds is 5. The highest BCUT2D eigenvalue weighted by molar-refractivity contribution is 5.67. The molecule has 0 spiro atoms. The maximum Gasteiger partial charge on any atom is 0.407 e. The molecule has 1 heterocycles. The highest BCUT2D eigenvalue weighted by Gasteiger charge is 2.16. The van der Waals surface area contributed by atoms with E-state index < -0.39 is 17.5 Å². The van der Waals surface area contributed by atoms with Crippen molar-refractivity contribution in [1.82, 2.24) is 15.1 Å². The normalized spacial score (nSPS) is 10.9. The Balaban J connectivity index is 2.02. The molecule has 7 nitrogen and oxygen atoms in total. The second-order valence-corrected chi connectivity index (χ2v) is 6.67. The molecule has 1 N–H and O–H groups in total. The van der Waals surface area contributed by atoms with Gasteiger partial charge in [-0.15, -0.1) is 0 Å². The van der Waals surface area contributed by atoms with Crippen LogP contribution in [0.3, 0.4) is 0 Å². The molecule has 1 aromatic carbocycles. The van der Waals surface area contributed by atoms with Gasteiger partial charge in [-0.2, -0.15) is 10.4 Å². The molecule has 0 unspecified atom stereocenters. The number of nitriles is 1. The van der Waals surface area contributed by atoms with Gasteiger partial charge in [0.25, 0.3) is 0 Å². The van der Waals surface area contributed by atoms with E-state index in [0.29, 0.717) is 12.1 Å². The van der Waals surface area contributed by atoms with Crippen LogP contribution >= 0.6 is 0 Å². The maximum absolute atomic E-state index is 14.0. The first kappa shape index (κ1) is 19.2. The van der Waals surface area contributed by atoms with Gasteiger partial charge in [0.2, 0.25) is 0 Å². The molecule has 8 heteroatoms. The molecular weight excluding hydrogens is 339 g/mol. The Labute approximate surface area is 151 Å². The second kappa shape index (κ2) is 7.87. The van der Waals surface area contributed by atoms with Gasteiger partial charge in [0.05, 0.1) is 19.9 Å². The summed E-state index contributed by atoms with van der Waals surface area (Å²) >= 11 is 0.